The lowest BCUT2D eigenvalue weighted by Crippen LogP contribution is -2.36. The van der Waals surface area contributed by atoms with Crippen molar-refractivity contribution >= 4 is 11.6 Å². The fourth-order valence-electron chi connectivity index (χ4n) is 2.66. The largest absolute Gasteiger partial charge is 0.312 e. The summed E-state index contributed by atoms with van der Waals surface area (Å²) >= 11 is 0. The van der Waals surface area contributed by atoms with Crippen LogP contribution >= 0.6 is 0 Å². The molecule has 0 spiro atoms. The predicted molar refractivity (Wildman–Crippen MR) is 71.0 cm³/mol. The highest BCUT2D eigenvalue weighted by Crippen LogP contribution is 2.27. The second-order valence-corrected chi connectivity index (χ2v) is 4.89. The normalized spacial score (nSPS) is 16.6. The number of rotatable bonds is 3. The highest BCUT2D eigenvalue weighted by atomic mass is 19.1. The average molecular weight is 249 g/mol. The first-order chi connectivity index (χ1) is 8.72. The van der Waals surface area contributed by atoms with Crippen molar-refractivity contribution in [3.63, 3.8) is 0 Å². The molecule has 18 heavy (non-hydrogen) atoms. The second kappa shape index (κ2) is 5.98. The standard InChI is InChI=1S/C15H20FNO/c1-2-17(14-10-8-13(16)9-11-14)15(18)12-6-4-3-5-7-12/h8-12H,2-7H2,1H3. The Kier molecular flexibility index (Phi) is 4.34. The lowest BCUT2D eigenvalue weighted by molar-refractivity contribution is -0.123. The number of amides is 1. The van der Waals surface area contributed by atoms with Crippen LogP contribution in [0.1, 0.15) is 39.0 Å². The van der Waals surface area contributed by atoms with Crippen molar-refractivity contribution < 1.29 is 9.18 Å². The molecule has 1 amide bonds. The maximum Gasteiger partial charge on any atom is 0.230 e. The van der Waals surface area contributed by atoms with Crippen molar-refractivity contribution in [3.05, 3.63) is 30.1 Å². The molecule has 1 aliphatic rings. The van der Waals surface area contributed by atoms with Crippen molar-refractivity contribution in [1.82, 2.24) is 0 Å². The molecule has 1 aromatic rings. The number of carbonyl (C=O) groups excluding carboxylic acids is 1. The van der Waals surface area contributed by atoms with E-state index in [0.717, 1.165) is 31.4 Å². The van der Waals surface area contributed by atoms with Crippen molar-refractivity contribution in [2.45, 2.75) is 39.0 Å². The molecule has 1 aromatic carbocycles. The van der Waals surface area contributed by atoms with Crippen molar-refractivity contribution in [3.8, 4) is 0 Å². The molecule has 1 fully saturated rings. The molecule has 0 atom stereocenters. The van der Waals surface area contributed by atoms with Gasteiger partial charge in [-0.25, -0.2) is 4.39 Å². The fraction of sp³-hybridized carbons (Fsp3) is 0.533. The van der Waals surface area contributed by atoms with Gasteiger partial charge in [0, 0.05) is 18.2 Å². The molecule has 0 saturated heterocycles. The second-order valence-electron chi connectivity index (χ2n) is 4.89. The highest BCUT2D eigenvalue weighted by Gasteiger charge is 2.25. The molecule has 0 bridgehead atoms. The zero-order valence-corrected chi connectivity index (χ0v) is 10.9. The third-order valence-electron chi connectivity index (χ3n) is 3.67. The summed E-state index contributed by atoms with van der Waals surface area (Å²) in [6.07, 6.45) is 5.54. The van der Waals surface area contributed by atoms with Crippen molar-refractivity contribution in [2.75, 3.05) is 11.4 Å². The third-order valence-corrected chi connectivity index (χ3v) is 3.67. The zero-order chi connectivity index (χ0) is 13.0. The predicted octanol–water partition coefficient (Wildman–Crippen LogP) is 3.76. The topological polar surface area (TPSA) is 20.3 Å². The Balaban J connectivity index is 2.12. The number of nitrogens with zero attached hydrogens (tertiary/aromatic N) is 1. The van der Waals surface area contributed by atoms with Gasteiger partial charge in [-0.2, -0.15) is 0 Å². The van der Waals surface area contributed by atoms with Gasteiger partial charge >= 0.3 is 0 Å². The minimum absolute atomic E-state index is 0.156. The van der Waals surface area contributed by atoms with E-state index in [2.05, 4.69) is 0 Å². The monoisotopic (exact) mass is 249 g/mol. The van der Waals surface area contributed by atoms with Crippen LogP contribution in [0.2, 0.25) is 0 Å². The number of hydrogen-bond acceptors (Lipinski definition) is 1. The van der Waals surface area contributed by atoms with Crippen LogP contribution in [-0.4, -0.2) is 12.5 Å². The van der Waals surface area contributed by atoms with E-state index >= 15 is 0 Å². The van der Waals surface area contributed by atoms with Crippen LogP contribution in [0.4, 0.5) is 10.1 Å². The van der Waals surface area contributed by atoms with Crippen molar-refractivity contribution in [1.29, 1.82) is 0 Å². The van der Waals surface area contributed by atoms with Crippen LogP contribution in [0.5, 0.6) is 0 Å². The summed E-state index contributed by atoms with van der Waals surface area (Å²) in [6, 6.07) is 6.18. The summed E-state index contributed by atoms with van der Waals surface area (Å²) in [5, 5.41) is 0. The van der Waals surface area contributed by atoms with Crippen molar-refractivity contribution in [2.24, 2.45) is 5.92 Å². The minimum Gasteiger partial charge on any atom is -0.312 e. The molecule has 0 aromatic heterocycles. The van der Waals surface area contributed by atoms with E-state index < -0.39 is 0 Å². The van der Waals surface area contributed by atoms with Gasteiger partial charge in [-0.3, -0.25) is 4.79 Å². The smallest absolute Gasteiger partial charge is 0.230 e. The quantitative estimate of drug-likeness (QED) is 0.798. The number of carbonyl (C=O) groups is 1. The molecule has 0 aliphatic heterocycles. The summed E-state index contributed by atoms with van der Waals surface area (Å²) in [5.74, 6) is 0.0903. The van der Waals surface area contributed by atoms with E-state index in [1.807, 2.05) is 6.92 Å². The van der Waals surface area contributed by atoms with Gasteiger partial charge in [0.25, 0.3) is 0 Å². The first kappa shape index (κ1) is 13.1. The molecule has 3 heteroatoms. The molecule has 2 rings (SSSR count). The molecular weight excluding hydrogens is 229 g/mol. The summed E-state index contributed by atoms with van der Waals surface area (Å²) in [7, 11) is 0. The van der Waals surface area contributed by atoms with Gasteiger partial charge in [-0.1, -0.05) is 19.3 Å². The van der Waals surface area contributed by atoms with E-state index in [0.29, 0.717) is 6.54 Å². The highest BCUT2D eigenvalue weighted by molar-refractivity contribution is 5.95. The maximum absolute atomic E-state index is 12.9. The number of anilines is 1. The van der Waals surface area contributed by atoms with E-state index in [1.165, 1.54) is 18.6 Å². The van der Waals surface area contributed by atoms with Crippen LogP contribution < -0.4 is 4.90 Å². The van der Waals surface area contributed by atoms with Crippen LogP contribution in [0, 0.1) is 11.7 Å². The van der Waals surface area contributed by atoms with Gasteiger partial charge in [0.2, 0.25) is 5.91 Å². The summed E-state index contributed by atoms with van der Waals surface area (Å²) < 4.78 is 12.9. The lowest BCUT2D eigenvalue weighted by atomic mass is 9.88. The zero-order valence-electron chi connectivity index (χ0n) is 10.9. The van der Waals surface area contributed by atoms with Crippen LogP contribution in [0.3, 0.4) is 0 Å². The fourth-order valence-corrected chi connectivity index (χ4v) is 2.66. The molecule has 0 unspecified atom stereocenters. The Hall–Kier alpha value is -1.38. The maximum atomic E-state index is 12.9. The molecule has 98 valence electrons. The summed E-state index contributed by atoms with van der Waals surface area (Å²) in [4.78, 5) is 14.2. The van der Waals surface area contributed by atoms with E-state index in [1.54, 1.807) is 17.0 Å². The van der Waals surface area contributed by atoms with Gasteiger partial charge in [-0.15, -0.1) is 0 Å². The van der Waals surface area contributed by atoms with E-state index in [-0.39, 0.29) is 17.6 Å². The van der Waals surface area contributed by atoms with E-state index in [9.17, 15) is 9.18 Å². The number of hydrogen-bond donors (Lipinski definition) is 0. The molecule has 0 radical (unpaired) electrons. The number of halogens is 1. The molecule has 0 heterocycles. The van der Waals surface area contributed by atoms with Gasteiger partial charge < -0.3 is 4.90 Å². The average Bonchev–Trinajstić information content (AvgIpc) is 2.42. The molecular formula is C15H20FNO. The SMILES string of the molecule is CCN(C(=O)C1CCCCC1)c1ccc(F)cc1. The first-order valence-corrected chi connectivity index (χ1v) is 6.79. The van der Waals surface area contributed by atoms with Crippen LogP contribution in [0.15, 0.2) is 24.3 Å². The Labute approximate surface area is 108 Å². The minimum atomic E-state index is -0.264. The van der Waals surface area contributed by atoms with Gasteiger partial charge in [-0.05, 0) is 44.0 Å². The van der Waals surface area contributed by atoms with Gasteiger partial charge in [0.15, 0.2) is 0 Å². The van der Waals surface area contributed by atoms with Crippen LogP contribution in [0.25, 0.3) is 0 Å². The Morgan fingerprint density at radius 2 is 1.83 bits per heavy atom. The van der Waals surface area contributed by atoms with Gasteiger partial charge in [0.1, 0.15) is 5.82 Å². The number of benzene rings is 1. The lowest BCUT2D eigenvalue weighted by Gasteiger charge is -2.28. The van der Waals surface area contributed by atoms with Crippen LogP contribution in [-0.2, 0) is 4.79 Å². The molecule has 1 saturated carbocycles. The molecule has 0 N–H and O–H groups in total. The Morgan fingerprint density at radius 3 is 2.39 bits per heavy atom. The summed E-state index contributed by atoms with van der Waals surface area (Å²) in [5.41, 5.74) is 0.800. The van der Waals surface area contributed by atoms with E-state index in [4.69, 9.17) is 0 Å². The van der Waals surface area contributed by atoms with Gasteiger partial charge in [0.05, 0.1) is 0 Å². The molecule has 2 nitrogen and oxygen atoms in total. The first-order valence-electron chi connectivity index (χ1n) is 6.79. The Bertz CT molecular complexity index is 395. The Morgan fingerprint density at radius 1 is 1.22 bits per heavy atom. The summed E-state index contributed by atoms with van der Waals surface area (Å²) in [6.45, 7) is 2.60. The third kappa shape index (κ3) is 2.89. The molecule has 1 aliphatic carbocycles.